The van der Waals surface area contributed by atoms with E-state index in [9.17, 15) is 18.0 Å². The van der Waals surface area contributed by atoms with Crippen molar-refractivity contribution >= 4 is 23.4 Å². The third-order valence-electron chi connectivity index (χ3n) is 5.31. The quantitative estimate of drug-likeness (QED) is 0.547. The lowest BCUT2D eigenvalue weighted by atomic mass is 9.98. The fourth-order valence-corrected chi connectivity index (χ4v) is 3.44. The van der Waals surface area contributed by atoms with Crippen molar-refractivity contribution in [2.45, 2.75) is 44.1 Å². The monoisotopic (exact) mass is 436 g/mol. The Morgan fingerprint density at radius 1 is 1.32 bits per heavy atom. The molecule has 0 saturated heterocycles. The molecule has 2 heterocycles. The molecular weight excluding hydrogens is 413 g/mol. The number of anilines is 3. The van der Waals surface area contributed by atoms with Crippen molar-refractivity contribution in [1.82, 2.24) is 14.9 Å². The van der Waals surface area contributed by atoms with Crippen molar-refractivity contribution in [3.05, 3.63) is 41.1 Å². The first-order valence-corrected chi connectivity index (χ1v) is 9.99. The molecule has 11 heteroatoms. The molecule has 2 aromatic rings. The van der Waals surface area contributed by atoms with Gasteiger partial charge in [0.05, 0.1) is 6.61 Å². The lowest BCUT2D eigenvalue weighted by Gasteiger charge is -2.30. The molecule has 1 aromatic carbocycles. The molecule has 1 aromatic heterocycles. The summed E-state index contributed by atoms with van der Waals surface area (Å²) in [4.78, 5) is 21.7. The predicted octanol–water partition coefficient (Wildman–Crippen LogP) is 2.02. The van der Waals surface area contributed by atoms with Gasteiger partial charge in [0.1, 0.15) is 17.4 Å². The number of alkyl halides is 3. The minimum Gasteiger partial charge on any atom is -0.394 e. The molecule has 4 rings (SSSR count). The van der Waals surface area contributed by atoms with Gasteiger partial charge in [0.25, 0.3) is 0 Å². The Labute approximate surface area is 176 Å². The number of aliphatic hydroxyl groups is 1. The van der Waals surface area contributed by atoms with Gasteiger partial charge in [0, 0.05) is 31.0 Å². The molecule has 166 valence electrons. The molecule has 31 heavy (non-hydrogen) atoms. The summed E-state index contributed by atoms with van der Waals surface area (Å²) in [7, 11) is 0. The third kappa shape index (κ3) is 4.88. The Bertz CT molecular complexity index is 980. The van der Waals surface area contributed by atoms with E-state index in [1.54, 1.807) is 11.0 Å². The van der Waals surface area contributed by atoms with Crippen molar-refractivity contribution < 1.29 is 23.1 Å². The number of nitrogens with zero attached hydrogens (tertiary/aromatic N) is 3. The molecule has 1 aliphatic carbocycles. The average Bonchev–Trinajstić information content (AvgIpc) is 3.55. The molecule has 1 aliphatic heterocycles. The Kier molecular flexibility index (Phi) is 5.71. The molecule has 0 bridgehead atoms. The van der Waals surface area contributed by atoms with Gasteiger partial charge in [-0.1, -0.05) is 6.07 Å². The number of carbonyl (C=O) groups is 1. The number of aliphatic hydroxyl groups excluding tert-OH is 1. The van der Waals surface area contributed by atoms with Crippen LogP contribution in [0, 0.1) is 0 Å². The first-order chi connectivity index (χ1) is 14.7. The number of rotatable bonds is 6. The Hall–Kier alpha value is -2.92. The van der Waals surface area contributed by atoms with E-state index in [1.165, 1.54) is 0 Å². The summed E-state index contributed by atoms with van der Waals surface area (Å²) in [6, 6.07) is 4.55. The molecule has 2 aliphatic rings. The number of fused-ring (bicyclic) bond motifs is 1. The number of halogens is 3. The number of hydrogen-bond donors (Lipinski definition) is 4. The van der Waals surface area contributed by atoms with Crippen LogP contribution in [0.25, 0.3) is 0 Å². The SMILES string of the molecule is N[C@@H](CO)C(=O)N1CCc2cc(Nc3ncc(C(F)(F)F)c(NC4CC4)n3)ccc2C1. The summed E-state index contributed by atoms with van der Waals surface area (Å²) in [6.07, 6.45) is -1.53. The fraction of sp³-hybridized carbons (Fsp3) is 0.450. The van der Waals surface area contributed by atoms with Gasteiger partial charge in [0.15, 0.2) is 0 Å². The highest BCUT2D eigenvalue weighted by atomic mass is 19.4. The van der Waals surface area contributed by atoms with Gasteiger partial charge in [-0.05, 0) is 42.5 Å². The van der Waals surface area contributed by atoms with E-state index in [-0.39, 0.29) is 23.7 Å². The molecule has 5 N–H and O–H groups in total. The maximum atomic E-state index is 13.2. The first kappa shape index (κ1) is 21.3. The van der Waals surface area contributed by atoms with E-state index in [0.717, 1.165) is 30.2 Å². The van der Waals surface area contributed by atoms with Gasteiger partial charge >= 0.3 is 6.18 Å². The summed E-state index contributed by atoms with van der Waals surface area (Å²) in [5.74, 6) is -0.457. The van der Waals surface area contributed by atoms with Gasteiger partial charge < -0.3 is 26.4 Å². The van der Waals surface area contributed by atoms with Crippen molar-refractivity contribution in [3.8, 4) is 0 Å². The van der Waals surface area contributed by atoms with Crippen LogP contribution in [0.5, 0.6) is 0 Å². The second kappa shape index (κ2) is 8.31. The Morgan fingerprint density at radius 3 is 2.77 bits per heavy atom. The molecule has 1 fully saturated rings. The highest BCUT2D eigenvalue weighted by Gasteiger charge is 2.37. The van der Waals surface area contributed by atoms with E-state index in [0.29, 0.717) is 25.2 Å². The first-order valence-electron chi connectivity index (χ1n) is 9.99. The van der Waals surface area contributed by atoms with E-state index in [2.05, 4.69) is 20.6 Å². The highest BCUT2D eigenvalue weighted by molar-refractivity contribution is 5.82. The number of amides is 1. The zero-order valence-corrected chi connectivity index (χ0v) is 16.6. The third-order valence-corrected chi connectivity index (χ3v) is 5.31. The number of nitrogens with two attached hydrogens (primary N) is 1. The van der Waals surface area contributed by atoms with Crippen molar-refractivity contribution in [2.75, 3.05) is 23.8 Å². The van der Waals surface area contributed by atoms with E-state index >= 15 is 0 Å². The number of hydrogen-bond acceptors (Lipinski definition) is 7. The maximum Gasteiger partial charge on any atom is 0.421 e. The van der Waals surface area contributed by atoms with E-state index in [4.69, 9.17) is 10.8 Å². The molecule has 0 spiro atoms. The van der Waals surface area contributed by atoms with Crippen LogP contribution in [-0.2, 0) is 23.9 Å². The van der Waals surface area contributed by atoms with Crippen molar-refractivity contribution in [1.29, 1.82) is 0 Å². The van der Waals surface area contributed by atoms with Gasteiger partial charge in [0.2, 0.25) is 11.9 Å². The summed E-state index contributed by atoms with van der Waals surface area (Å²) in [6.45, 7) is 0.444. The van der Waals surface area contributed by atoms with Gasteiger partial charge in [-0.2, -0.15) is 18.2 Å². The summed E-state index contributed by atoms with van der Waals surface area (Å²) in [5, 5.41) is 14.9. The number of carbonyl (C=O) groups excluding carboxylic acids is 1. The predicted molar refractivity (Wildman–Crippen MR) is 108 cm³/mol. The number of benzene rings is 1. The lowest BCUT2D eigenvalue weighted by molar-refractivity contribution is -0.137. The Balaban J connectivity index is 1.50. The molecular formula is C20H23F3N6O2. The molecule has 1 saturated carbocycles. The minimum atomic E-state index is -4.54. The Morgan fingerprint density at radius 2 is 2.10 bits per heavy atom. The van der Waals surface area contributed by atoms with Crippen LogP contribution in [0.3, 0.4) is 0 Å². The van der Waals surface area contributed by atoms with Gasteiger partial charge in [-0.3, -0.25) is 4.79 Å². The van der Waals surface area contributed by atoms with Crippen LogP contribution in [0.1, 0.15) is 29.5 Å². The largest absolute Gasteiger partial charge is 0.421 e. The summed E-state index contributed by atoms with van der Waals surface area (Å²) >= 11 is 0. The zero-order chi connectivity index (χ0) is 22.2. The average molecular weight is 436 g/mol. The molecule has 0 unspecified atom stereocenters. The van der Waals surface area contributed by atoms with Crippen LogP contribution in [0.15, 0.2) is 24.4 Å². The maximum absolute atomic E-state index is 13.2. The van der Waals surface area contributed by atoms with Gasteiger partial charge in [-0.25, -0.2) is 4.98 Å². The fourth-order valence-electron chi connectivity index (χ4n) is 3.44. The van der Waals surface area contributed by atoms with Crippen LogP contribution in [-0.4, -0.2) is 51.1 Å². The van der Waals surface area contributed by atoms with Crippen LogP contribution >= 0.6 is 0 Å². The second-order valence-corrected chi connectivity index (χ2v) is 7.78. The topological polar surface area (TPSA) is 116 Å². The van der Waals surface area contributed by atoms with E-state index in [1.807, 2.05) is 12.1 Å². The standard InChI is InChI=1S/C20H23F3N6O2/c21-20(22,23)15-8-25-19(28-17(15)26-13-3-4-13)27-14-2-1-12-9-29(6-5-11(12)7-14)18(31)16(24)10-30/h1-2,7-8,13,16,30H,3-6,9-10,24H2,(H2,25,26,27,28)/t16-/m0/s1. The normalized spacial score (nSPS) is 17.1. The van der Waals surface area contributed by atoms with E-state index < -0.39 is 24.4 Å². The van der Waals surface area contributed by atoms with Crippen LogP contribution in [0.2, 0.25) is 0 Å². The smallest absolute Gasteiger partial charge is 0.394 e. The van der Waals surface area contributed by atoms with Crippen molar-refractivity contribution in [3.63, 3.8) is 0 Å². The number of nitrogens with one attached hydrogen (secondary N) is 2. The summed E-state index contributed by atoms with van der Waals surface area (Å²) < 4.78 is 39.7. The summed E-state index contributed by atoms with van der Waals surface area (Å²) in [5.41, 5.74) is 7.33. The second-order valence-electron chi connectivity index (χ2n) is 7.78. The van der Waals surface area contributed by atoms with Crippen LogP contribution in [0.4, 0.5) is 30.6 Å². The lowest BCUT2D eigenvalue weighted by Crippen LogP contribution is -2.47. The van der Waals surface area contributed by atoms with Crippen LogP contribution < -0.4 is 16.4 Å². The zero-order valence-electron chi connectivity index (χ0n) is 16.6. The molecule has 1 atom stereocenters. The van der Waals surface area contributed by atoms with Crippen molar-refractivity contribution in [2.24, 2.45) is 5.73 Å². The molecule has 0 radical (unpaired) electrons. The highest BCUT2D eigenvalue weighted by Crippen LogP contribution is 2.36. The number of aromatic nitrogens is 2. The van der Waals surface area contributed by atoms with Gasteiger partial charge in [-0.15, -0.1) is 0 Å². The minimum absolute atomic E-state index is 0.0113. The molecule has 1 amide bonds. The molecule has 8 nitrogen and oxygen atoms in total.